The summed E-state index contributed by atoms with van der Waals surface area (Å²) in [4.78, 5) is 2.32. The number of hydrogen-bond donors (Lipinski definition) is 1. The van der Waals surface area contributed by atoms with Crippen molar-refractivity contribution in [1.82, 2.24) is 4.90 Å². The Hall–Kier alpha value is -0.900. The van der Waals surface area contributed by atoms with Crippen molar-refractivity contribution in [2.24, 2.45) is 5.73 Å². The number of likely N-dealkylation sites (tertiary alicyclic amines) is 1. The monoisotopic (exact) mass is 206 g/mol. The van der Waals surface area contributed by atoms with Crippen molar-refractivity contribution < 1.29 is 4.74 Å². The van der Waals surface area contributed by atoms with Gasteiger partial charge in [0.05, 0.1) is 13.2 Å². The molecule has 2 rings (SSSR count). The molecule has 0 aromatic heterocycles. The summed E-state index contributed by atoms with van der Waals surface area (Å²) in [5.74, 6) is 0. The Kier molecular flexibility index (Phi) is 3.72. The van der Waals surface area contributed by atoms with Crippen molar-refractivity contribution in [1.29, 1.82) is 0 Å². The zero-order valence-corrected chi connectivity index (χ0v) is 8.93. The Labute approximate surface area is 90.8 Å². The van der Waals surface area contributed by atoms with E-state index in [1.54, 1.807) is 0 Å². The van der Waals surface area contributed by atoms with Gasteiger partial charge in [-0.05, 0) is 5.56 Å². The van der Waals surface area contributed by atoms with E-state index in [9.17, 15) is 0 Å². The summed E-state index contributed by atoms with van der Waals surface area (Å²) in [6.07, 6.45) is 0. The summed E-state index contributed by atoms with van der Waals surface area (Å²) in [6, 6.07) is 10.6. The lowest BCUT2D eigenvalue weighted by Crippen LogP contribution is -2.56. The molecule has 1 aromatic carbocycles. The minimum atomic E-state index is 0.388. The zero-order chi connectivity index (χ0) is 10.5. The molecule has 2 N–H and O–H groups in total. The summed E-state index contributed by atoms with van der Waals surface area (Å²) < 4.78 is 5.58. The largest absolute Gasteiger partial charge is 0.375 e. The van der Waals surface area contributed by atoms with E-state index in [-0.39, 0.29) is 0 Å². The molecule has 3 heteroatoms. The van der Waals surface area contributed by atoms with Crippen LogP contribution in [0.2, 0.25) is 0 Å². The van der Waals surface area contributed by atoms with E-state index in [4.69, 9.17) is 10.5 Å². The maximum Gasteiger partial charge on any atom is 0.0717 e. The van der Waals surface area contributed by atoms with Crippen LogP contribution in [0.3, 0.4) is 0 Å². The highest BCUT2D eigenvalue weighted by atomic mass is 16.5. The van der Waals surface area contributed by atoms with Gasteiger partial charge < -0.3 is 10.5 Å². The molecule has 1 saturated heterocycles. The highest BCUT2D eigenvalue weighted by Gasteiger charge is 2.21. The molecule has 0 amide bonds. The average molecular weight is 206 g/mol. The Morgan fingerprint density at radius 3 is 2.67 bits per heavy atom. The van der Waals surface area contributed by atoms with Gasteiger partial charge >= 0.3 is 0 Å². The topological polar surface area (TPSA) is 38.5 Å². The van der Waals surface area contributed by atoms with Crippen LogP contribution in [0.15, 0.2) is 30.3 Å². The first-order valence-corrected chi connectivity index (χ1v) is 5.44. The summed E-state index contributed by atoms with van der Waals surface area (Å²) in [5, 5.41) is 0. The van der Waals surface area contributed by atoms with Crippen molar-refractivity contribution in [3.63, 3.8) is 0 Å². The van der Waals surface area contributed by atoms with Gasteiger partial charge in [0.25, 0.3) is 0 Å². The summed E-state index contributed by atoms with van der Waals surface area (Å²) in [7, 11) is 0. The molecule has 15 heavy (non-hydrogen) atoms. The second kappa shape index (κ2) is 5.26. The number of ether oxygens (including phenoxy) is 1. The third kappa shape index (κ3) is 3.30. The highest BCUT2D eigenvalue weighted by molar-refractivity contribution is 5.13. The standard InChI is InChI=1S/C12H18N2O/c13-12-8-14(9-12)6-7-15-10-11-4-2-1-3-5-11/h1-5,12H,6-10,13H2. The predicted octanol–water partition coefficient (Wildman–Crippen LogP) is 0.846. The van der Waals surface area contributed by atoms with Gasteiger partial charge in [0.2, 0.25) is 0 Å². The van der Waals surface area contributed by atoms with Crippen LogP contribution in [0.25, 0.3) is 0 Å². The first-order chi connectivity index (χ1) is 7.34. The molecule has 1 aliphatic heterocycles. The third-order valence-corrected chi connectivity index (χ3v) is 2.65. The Morgan fingerprint density at radius 2 is 2.00 bits per heavy atom. The molecule has 0 aliphatic carbocycles. The average Bonchev–Trinajstić information content (AvgIpc) is 2.23. The molecule has 1 aromatic rings. The van der Waals surface area contributed by atoms with Gasteiger partial charge in [0, 0.05) is 25.7 Å². The number of nitrogens with two attached hydrogens (primary N) is 1. The number of rotatable bonds is 5. The van der Waals surface area contributed by atoms with Gasteiger partial charge in [0.1, 0.15) is 0 Å². The fourth-order valence-corrected chi connectivity index (χ4v) is 1.75. The SMILES string of the molecule is NC1CN(CCOCc2ccccc2)C1. The molecular formula is C12H18N2O. The first-order valence-electron chi connectivity index (χ1n) is 5.44. The molecule has 1 heterocycles. The molecule has 0 bridgehead atoms. The van der Waals surface area contributed by atoms with Crippen molar-refractivity contribution in [2.45, 2.75) is 12.6 Å². The highest BCUT2D eigenvalue weighted by Crippen LogP contribution is 2.05. The lowest BCUT2D eigenvalue weighted by atomic mass is 10.1. The van der Waals surface area contributed by atoms with E-state index >= 15 is 0 Å². The fourth-order valence-electron chi connectivity index (χ4n) is 1.75. The minimum Gasteiger partial charge on any atom is -0.375 e. The van der Waals surface area contributed by atoms with Gasteiger partial charge in [-0.15, -0.1) is 0 Å². The van der Waals surface area contributed by atoms with E-state index in [0.29, 0.717) is 12.6 Å². The van der Waals surface area contributed by atoms with Gasteiger partial charge in [-0.3, -0.25) is 4.90 Å². The van der Waals surface area contributed by atoms with Gasteiger partial charge in [-0.2, -0.15) is 0 Å². The molecule has 0 atom stereocenters. The van der Waals surface area contributed by atoms with Crippen LogP contribution in [0, 0.1) is 0 Å². The van der Waals surface area contributed by atoms with E-state index < -0.39 is 0 Å². The van der Waals surface area contributed by atoms with Crippen LogP contribution in [0.1, 0.15) is 5.56 Å². The van der Waals surface area contributed by atoms with Gasteiger partial charge in [0.15, 0.2) is 0 Å². The molecule has 0 saturated carbocycles. The molecule has 0 unspecified atom stereocenters. The summed E-state index contributed by atoms with van der Waals surface area (Å²) in [5.41, 5.74) is 6.92. The Bertz CT molecular complexity index is 283. The first kappa shape index (κ1) is 10.6. The maximum absolute atomic E-state index is 5.68. The third-order valence-electron chi connectivity index (χ3n) is 2.65. The molecule has 0 spiro atoms. The number of nitrogens with zero attached hydrogens (tertiary/aromatic N) is 1. The van der Waals surface area contributed by atoms with Crippen LogP contribution < -0.4 is 5.73 Å². The minimum absolute atomic E-state index is 0.388. The second-order valence-electron chi connectivity index (χ2n) is 4.06. The smallest absolute Gasteiger partial charge is 0.0717 e. The van der Waals surface area contributed by atoms with E-state index in [0.717, 1.165) is 26.2 Å². The molecule has 1 aliphatic rings. The van der Waals surface area contributed by atoms with E-state index in [2.05, 4.69) is 17.0 Å². The molecular weight excluding hydrogens is 188 g/mol. The summed E-state index contributed by atoms with van der Waals surface area (Å²) in [6.45, 7) is 4.55. The zero-order valence-electron chi connectivity index (χ0n) is 8.93. The number of benzene rings is 1. The molecule has 82 valence electrons. The lowest BCUT2D eigenvalue weighted by Gasteiger charge is -2.36. The van der Waals surface area contributed by atoms with E-state index in [1.807, 2.05) is 18.2 Å². The second-order valence-corrected chi connectivity index (χ2v) is 4.06. The Balaban J connectivity index is 1.56. The van der Waals surface area contributed by atoms with Crippen LogP contribution in [0.5, 0.6) is 0 Å². The van der Waals surface area contributed by atoms with Crippen LogP contribution in [-0.4, -0.2) is 37.2 Å². The van der Waals surface area contributed by atoms with Gasteiger partial charge in [-0.25, -0.2) is 0 Å². The molecule has 3 nitrogen and oxygen atoms in total. The van der Waals surface area contributed by atoms with Crippen molar-refractivity contribution in [3.8, 4) is 0 Å². The van der Waals surface area contributed by atoms with Crippen molar-refractivity contribution in [3.05, 3.63) is 35.9 Å². The van der Waals surface area contributed by atoms with Crippen molar-refractivity contribution in [2.75, 3.05) is 26.2 Å². The van der Waals surface area contributed by atoms with E-state index in [1.165, 1.54) is 5.56 Å². The predicted molar refractivity (Wildman–Crippen MR) is 60.5 cm³/mol. The molecule has 0 radical (unpaired) electrons. The molecule has 1 fully saturated rings. The van der Waals surface area contributed by atoms with Crippen LogP contribution >= 0.6 is 0 Å². The van der Waals surface area contributed by atoms with Gasteiger partial charge in [-0.1, -0.05) is 30.3 Å². The van der Waals surface area contributed by atoms with Crippen LogP contribution in [-0.2, 0) is 11.3 Å². The quantitative estimate of drug-likeness (QED) is 0.726. The normalized spacial score (nSPS) is 17.7. The number of hydrogen-bond acceptors (Lipinski definition) is 3. The van der Waals surface area contributed by atoms with Crippen LogP contribution in [0.4, 0.5) is 0 Å². The Morgan fingerprint density at radius 1 is 1.27 bits per heavy atom. The lowest BCUT2D eigenvalue weighted by molar-refractivity contribution is 0.0634. The maximum atomic E-state index is 5.68. The van der Waals surface area contributed by atoms with Crippen molar-refractivity contribution >= 4 is 0 Å². The fraction of sp³-hybridized carbons (Fsp3) is 0.500. The summed E-state index contributed by atoms with van der Waals surface area (Å²) >= 11 is 0.